The maximum atomic E-state index is 13.4. The van der Waals surface area contributed by atoms with Gasteiger partial charge in [0.1, 0.15) is 0 Å². The molecule has 0 unspecified atom stereocenters. The van der Waals surface area contributed by atoms with Gasteiger partial charge in [-0.05, 0) is 18.1 Å². The minimum Gasteiger partial charge on any atom is -0.465 e. The van der Waals surface area contributed by atoms with Gasteiger partial charge < -0.3 is 9.47 Å². The molecular formula is C16H20ClFO4. The van der Waals surface area contributed by atoms with Crippen molar-refractivity contribution in [1.82, 2.24) is 0 Å². The average molecular weight is 331 g/mol. The standard InChI is InChI=1S/C16H20ClFO4/c1-3-11(4-2)10-21-14(19)8-9-15(20)22-16-12(17)6-5-7-13(16)18/h5-7,11H,3-4,8-10H2,1-2H3. The lowest BCUT2D eigenvalue weighted by atomic mass is 10.1. The van der Waals surface area contributed by atoms with Crippen molar-refractivity contribution in [3.05, 3.63) is 29.0 Å². The first-order valence-corrected chi connectivity index (χ1v) is 7.66. The third kappa shape index (κ3) is 6.02. The summed E-state index contributed by atoms with van der Waals surface area (Å²) in [5.74, 6) is -1.92. The third-order valence-corrected chi connectivity index (χ3v) is 3.60. The number of rotatable bonds is 8. The van der Waals surface area contributed by atoms with Gasteiger partial charge in [0.2, 0.25) is 0 Å². The molecule has 0 saturated carbocycles. The number of esters is 2. The second-order valence-electron chi connectivity index (χ2n) is 4.89. The van der Waals surface area contributed by atoms with Crippen molar-refractivity contribution in [1.29, 1.82) is 0 Å². The number of hydrogen-bond acceptors (Lipinski definition) is 4. The lowest BCUT2D eigenvalue weighted by molar-refractivity contribution is -0.148. The molecule has 22 heavy (non-hydrogen) atoms. The number of benzene rings is 1. The van der Waals surface area contributed by atoms with Crippen LogP contribution < -0.4 is 4.74 Å². The molecule has 0 radical (unpaired) electrons. The van der Waals surface area contributed by atoms with Crippen LogP contribution in [0.5, 0.6) is 5.75 Å². The summed E-state index contributed by atoms with van der Waals surface area (Å²) in [6, 6.07) is 3.96. The van der Waals surface area contributed by atoms with Gasteiger partial charge >= 0.3 is 11.9 Å². The van der Waals surface area contributed by atoms with Gasteiger partial charge in [-0.2, -0.15) is 0 Å². The van der Waals surface area contributed by atoms with E-state index in [0.29, 0.717) is 12.5 Å². The van der Waals surface area contributed by atoms with Crippen LogP contribution in [0.25, 0.3) is 0 Å². The van der Waals surface area contributed by atoms with Crippen LogP contribution in [0.2, 0.25) is 5.02 Å². The fraction of sp³-hybridized carbons (Fsp3) is 0.500. The zero-order valence-corrected chi connectivity index (χ0v) is 13.5. The Morgan fingerprint density at radius 1 is 1.18 bits per heavy atom. The minimum atomic E-state index is -0.730. The molecule has 0 aliphatic carbocycles. The Bertz CT molecular complexity index is 495. The molecule has 1 aromatic rings. The van der Waals surface area contributed by atoms with Gasteiger partial charge in [-0.15, -0.1) is 0 Å². The van der Waals surface area contributed by atoms with Crippen LogP contribution in [0.1, 0.15) is 39.5 Å². The molecule has 1 rings (SSSR count). The molecular weight excluding hydrogens is 311 g/mol. The smallest absolute Gasteiger partial charge is 0.311 e. The van der Waals surface area contributed by atoms with Crippen molar-refractivity contribution in [3.8, 4) is 5.75 Å². The third-order valence-electron chi connectivity index (χ3n) is 3.30. The van der Waals surface area contributed by atoms with E-state index in [-0.39, 0.29) is 23.6 Å². The molecule has 0 aliphatic heterocycles. The molecule has 0 N–H and O–H groups in total. The van der Waals surface area contributed by atoms with Crippen LogP contribution in [0.4, 0.5) is 4.39 Å². The molecule has 0 aromatic heterocycles. The van der Waals surface area contributed by atoms with Crippen molar-refractivity contribution in [2.75, 3.05) is 6.61 Å². The highest BCUT2D eigenvalue weighted by Gasteiger charge is 2.15. The van der Waals surface area contributed by atoms with Crippen LogP contribution >= 0.6 is 11.6 Å². The summed E-state index contributed by atoms with van der Waals surface area (Å²) in [4.78, 5) is 23.2. The summed E-state index contributed by atoms with van der Waals surface area (Å²) in [5.41, 5.74) is 0. The molecule has 1 aromatic carbocycles. The number of carbonyl (C=O) groups is 2. The predicted molar refractivity (Wildman–Crippen MR) is 81.3 cm³/mol. The minimum absolute atomic E-state index is 0.00431. The highest BCUT2D eigenvalue weighted by Crippen LogP contribution is 2.27. The monoisotopic (exact) mass is 330 g/mol. The first-order valence-electron chi connectivity index (χ1n) is 7.28. The van der Waals surface area contributed by atoms with E-state index in [1.165, 1.54) is 12.1 Å². The quantitative estimate of drug-likeness (QED) is 0.531. The van der Waals surface area contributed by atoms with E-state index in [4.69, 9.17) is 21.1 Å². The van der Waals surface area contributed by atoms with E-state index >= 15 is 0 Å². The van der Waals surface area contributed by atoms with Crippen LogP contribution in [-0.4, -0.2) is 18.5 Å². The Hall–Kier alpha value is -1.62. The second-order valence-corrected chi connectivity index (χ2v) is 5.30. The topological polar surface area (TPSA) is 52.6 Å². The number of ether oxygens (including phenoxy) is 2. The Balaban J connectivity index is 2.38. The molecule has 0 atom stereocenters. The van der Waals surface area contributed by atoms with Crippen molar-refractivity contribution in [2.45, 2.75) is 39.5 Å². The van der Waals surface area contributed by atoms with Gasteiger partial charge in [-0.25, -0.2) is 4.39 Å². The SMILES string of the molecule is CCC(CC)COC(=O)CCC(=O)Oc1c(F)cccc1Cl. The molecule has 0 saturated heterocycles. The molecule has 0 amide bonds. The first kappa shape index (κ1) is 18.4. The fourth-order valence-electron chi connectivity index (χ4n) is 1.76. The maximum absolute atomic E-state index is 13.4. The molecule has 4 nitrogen and oxygen atoms in total. The average Bonchev–Trinajstić information content (AvgIpc) is 2.50. The highest BCUT2D eigenvalue weighted by molar-refractivity contribution is 6.32. The van der Waals surface area contributed by atoms with Gasteiger partial charge in [0.05, 0.1) is 24.5 Å². The van der Waals surface area contributed by atoms with E-state index in [0.717, 1.165) is 18.9 Å². The number of halogens is 2. The van der Waals surface area contributed by atoms with Crippen molar-refractivity contribution >= 4 is 23.5 Å². The lowest BCUT2D eigenvalue weighted by Gasteiger charge is -2.12. The van der Waals surface area contributed by atoms with E-state index in [1.54, 1.807) is 0 Å². The van der Waals surface area contributed by atoms with Crippen molar-refractivity contribution in [2.24, 2.45) is 5.92 Å². The van der Waals surface area contributed by atoms with Crippen LogP contribution in [0, 0.1) is 11.7 Å². The molecule has 0 aliphatic rings. The zero-order valence-electron chi connectivity index (χ0n) is 12.7. The lowest BCUT2D eigenvalue weighted by Crippen LogP contribution is -2.16. The highest BCUT2D eigenvalue weighted by atomic mass is 35.5. The molecule has 6 heteroatoms. The Labute approximate surface area is 134 Å². The molecule has 0 spiro atoms. The van der Waals surface area contributed by atoms with Gasteiger partial charge in [0.15, 0.2) is 11.6 Å². The summed E-state index contributed by atoms with van der Waals surface area (Å²) < 4.78 is 23.4. The van der Waals surface area contributed by atoms with Gasteiger partial charge in [-0.3, -0.25) is 9.59 Å². The van der Waals surface area contributed by atoms with Gasteiger partial charge in [0, 0.05) is 0 Å². The molecule has 122 valence electrons. The van der Waals surface area contributed by atoms with Gasteiger partial charge in [-0.1, -0.05) is 44.4 Å². The molecule has 0 bridgehead atoms. The second kappa shape index (κ2) is 9.41. The number of hydrogen-bond donors (Lipinski definition) is 0. The first-order chi connectivity index (χ1) is 10.5. The normalized spacial score (nSPS) is 10.6. The maximum Gasteiger partial charge on any atom is 0.311 e. The number of para-hydroxylation sites is 1. The van der Waals surface area contributed by atoms with Gasteiger partial charge in [0.25, 0.3) is 0 Å². The molecule has 0 heterocycles. The fourth-order valence-corrected chi connectivity index (χ4v) is 1.96. The van der Waals surface area contributed by atoms with E-state index in [2.05, 4.69) is 0 Å². The predicted octanol–water partition coefficient (Wildman–Crippen LogP) is 4.14. The Morgan fingerprint density at radius 3 is 2.41 bits per heavy atom. The molecule has 0 fully saturated rings. The summed E-state index contributed by atoms with van der Waals surface area (Å²) in [6.07, 6.45) is 1.56. The van der Waals surface area contributed by atoms with Crippen molar-refractivity contribution < 1.29 is 23.5 Å². The Kier molecular flexibility index (Phi) is 7.88. The van der Waals surface area contributed by atoms with Crippen LogP contribution in [0.15, 0.2) is 18.2 Å². The van der Waals surface area contributed by atoms with E-state index in [9.17, 15) is 14.0 Å². The summed E-state index contributed by atoms with van der Waals surface area (Å²) in [6.45, 7) is 4.40. The van der Waals surface area contributed by atoms with E-state index in [1.807, 2.05) is 13.8 Å². The van der Waals surface area contributed by atoms with E-state index < -0.39 is 17.8 Å². The summed E-state index contributed by atoms with van der Waals surface area (Å²) in [5, 5.41) is 0.00431. The summed E-state index contributed by atoms with van der Waals surface area (Å²) >= 11 is 5.74. The summed E-state index contributed by atoms with van der Waals surface area (Å²) in [7, 11) is 0. The Morgan fingerprint density at radius 2 is 1.82 bits per heavy atom. The largest absolute Gasteiger partial charge is 0.465 e. The zero-order chi connectivity index (χ0) is 16.5. The van der Waals surface area contributed by atoms with Crippen LogP contribution in [0.3, 0.4) is 0 Å². The van der Waals surface area contributed by atoms with Crippen LogP contribution in [-0.2, 0) is 14.3 Å². The van der Waals surface area contributed by atoms with Crippen molar-refractivity contribution in [3.63, 3.8) is 0 Å². The number of carbonyl (C=O) groups excluding carboxylic acids is 2.